The molecule has 6 rings (SSSR count). The second kappa shape index (κ2) is 12.4. The number of nitrogens with zero attached hydrogens (tertiary/aromatic N) is 5. The number of piperazine rings is 1. The topological polar surface area (TPSA) is 83.3 Å². The molecule has 0 spiro atoms. The molecule has 0 unspecified atom stereocenters. The van der Waals surface area contributed by atoms with Gasteiger partial charge in [-0.1, -0.05) is 60.1 Å². The third-order valence-corrected chi connectivity index (χ3v) is 9.05. The molecule has 1 aromatic carbocycles. The number of aryl methyl sites for hydroxylation is 3. The number of fused-ring (bicyclic) bond motifs is 3. The Morgan fingerprint density at radius 2 is 1.93 bits per heavy atom. The zero-order valence-corrected chi connectivity index (χ0v) is 26.3. The number of H-pyrrole nitrogens is 1. The van der Waals surface area contributed by atoms with Gasteiger partial charge < -0.3 is 14.2 Å². The number of ether oxygens (including phenoxy) is 1. The molecule has 1 fully saturated rings. The molecular weight excluding hydrogens is 556 g/mol. The SMILES string of the molecule is C=C(/C=C\C(=C1\C=CC=CC1)c1nc(C)nc2[nH]c3cc(-c4c(C)noc4C)c(OC)cc3c12)CN1CCN(SC)CC1. The van der Waals surface area contributed by atoms with E-state index in [2.05, 4.69) is 80.8 Å². The van der Waals surface area contributed by atoms with Gasteiger partial charge in [0.25, 0.3) is 0 Å². The Labute approximate surface area is 257 Å². The number of hydrogen-bond acceptors (Lipinski definition) is 8. The molecule has 43 heavy (non-hydrogen) atoms. The molecule has 2 aliphatic rings. The summed E-state index contributed by atoms with van der Waals surface area (Å²) >= 11 is 1.82. The van der Waals surface area contributed by atoms with Gasteiger partial charge in [-0.05, 0) is 56.7 Å². The summed E-state index contributed by atoms with van der Waals surface area (Å²) in [4.78, 5) is 15.9. The summed E-state index contributed by atoms with van der Waals surface area (Å²) in [5.41, 5.74) is 8.69. The maximum Gasteiger partial charge on any atom is 0.142 e. The third kappa shape index (κ3) is 5.85. The van der Waals surface area contributed by atoms with E-state index in [4.69, 9.17) is 19.2 Å². The number of aromatic nitrogens is 4. The second-order valence-electron chi connectivity index (χ2n) is 11.1. The molecule has 1 saturated heterocycles. The van der Waals surface area contributed by atoms with Gasteiger partial charge in [0.1, 0.15) is 23.0 Å². The largest absolute Gasteiger partial charge is 0.496 e. The number of hydrogen-bond donors (Lipinski definition) is 1. The highest BCUT2D eigenvalue weighted by atomic mass is 32.2. The van der Waals surface area contributed by atoms with Crippen LogP contribution < -0.4 is 4.74 Å². The zero-order valence-electron chi connectivity index (χ0n) is 25.5. The fourth-order valence-corrected chi connectivity index (χ4v) is 6.55. The number of benzene rings is 1. The van der Waals surface area contributed by atoms with Crippen molar-refractivity contribution in [2.24, 2.45) is 0 Å². The van der Waals surface area contributed by atoms with Gasteiger partial charge in [-0.3, -0.25) is 4.90 Å². The predicted molar refractivity (Wildman–Crippen MR) is 177 cm³/mol. The van der Waals surface area contributed by atoms with E-state index in [1.165, 1.54) is 5.57 Å². The van der Waals surface area contributed by atoms with Crippen molar-refractivity contribution in [3.05, 3.63) is 89.3 Å². The van der Waals surface area contributed by atoms with E-state index in [9.17, 15) is 0 Å². The van der Waals surface area contributed by atoms with Crippen LogP contribution in [-0.2, 0) is 0 Å². The van der Waals surface area contributed by atoms with Gasteiger partial charge in [-0.15, -0.1) is 0 Å². The predicted octanol–water partition coefficient (Wildman–Crippen LogP) is 6.98. The lowest BCUT2D eigenvalue weighted by Gasteiger charge is -2.33. The van der Waals surface area contributed by atoms with Crippen LogP contribution in [0, 0.1) is 20.8 Å². The minimum Gasteiger partial charge on any atom is -0.496 e. The first-order valence-corrected chi connectivity index (χ1v) is 15.8. The maximum atomic E-state index is 5.92. The van der Waals surface area contributed by atoms with E-state index in [1.54, 1.807) is 7.11 Å². The number of methoxy groups -OCH3 is 1. The second-order valence-corrected chi connectivity index (χ2v) is 12.0. The molecule has 0 radical (unpaired) electrons. The van der Waals surface area contributed by atoms with Crippen LogP contribution in [-0.4, -0.2) is 75.4 Å². The average molecular weight is 595 g/mol. The summed E-state index contributed by atoms with van der Waals surface area (Å²) in [5, 5.41) is 6.14. The highest BCUT2D eigenvalue weighted by Gasteiger charge is 2.22. The van der Waals surface area contributed by atoms with Crippen LogP contribution in [0.5, 0.6) is 5.75 Å². The average Bonchev–Trinajstić information content (AvgIpc) is 3.54. The molecule has 1 N–H and O–H groups in total. The molecule has 8 nitrogen and oxygen atoms in total. The van der Waals surface area contributed by atoms with Crippen molar-refractivity contribution >= 4 is 39.5 Å². The molecule has 0 bridgehead atoms. The molecule has 1 aliphatic carbocycles. The van der Waals surface area contributed by atoms with Crippen LogP contribution in [0.2, 0.25) is 0 Å². The van der Waals surface area contributed by atoms with Crippen LogP contribution in [0.3, 0.4) is 0 Å². The lowest BCUT2D eigenvalue weighted by Crippen LogP contribution is -2.43. The lowest BCUT2D eigenvalue weighted by atomic mass is 9.95. The van der Waals surface area contributed by atoms with Gasteiger partial charge in [0, 0.05) is 54.8 Å². The van der Waals surface area contributed by atoms with E-state index in [0.717, 1.165) is 106 Å². The van der Waals surface area contributed by atoms with Crippen LogP contribution in [0.15, 0.2) is 70.8 Å². The van der Waals surface area contributed by atoms with Crippen LogP contribution in [0.25, 0.3) is 38.6 Å². The molecule has 222 valence electrons. The summed E-state index contributed by atoms with van der Waals surface area (Å²) in [6.45, 7) is 15.3. The first-order valence-electron chi connectivity index (χ1n) is 14.6. The molecule has 9 heteroatoms. The monoisotopic (exact) mass is 594 g/mol. The number of nitrogens with one attached hydrogen (secondary N) is 1. The van der Waals surface area contributed by atoms with Gasteiger partial charge in [0.2, 0.25) is 0 Å². The van der Waals surface area contributed by atoms with E-state index >= 15 is 0 Å². The highest BCUT2D eigenvalue weighted by molar-refractivity contribution is 7.96. The van der Waals surface area contributed by atoms with Gasteiger partial charge in [-0.2, -0.15) is 0 Å². The van der Waals surface area contributed by atoms with Crippen molar-refractivity contribution in [3.8, 4) is 16.9 Å². The van der Waals surface area contributed by atoms with Crippen molar-refractivity contribution < 1.29 is 9.26 Å². The van der Waals surface area contributed by atoms with Gasteiger partial charge in [0.15, 0.2) is 0 Å². The standard InChI is InChI=1S/C34H38N6O2S/c1-21(20-39-14-16-40(43-6)17-15-39)12-13-26(25-10-8-7-9-11-25)33-32-27-19-30(41-5)28(31-22(2)38-42-23(31)3)18-29(27)37-34(32)36-24(4)35-33/h7-10,12-13,18-19H,1,11,14-17,20H2,2-6H3,(H,35,36,37)/b13-12-,26-25+. The Balaban J connectivity index is 1.45. The van der Waals surface area contributed by atoms with Crippen molar-refractivity contribution in [2.75, 3.05) is 46.1 Å². The summed E-state index contributed by atoms with van der Waals surface area (Å²) in [6, 6.07) is 4.18. The smallest absolute Gasteiger partial charge is 0.142 e. The minimum atomic E-state index is 0.708. The molecule has 0 saturated carbocycles. The Hall–Kier alpha value is -3.92. The lowest BCUT2D eigenvalue weighted by molar-refractivity contribution is 0.212. The minimum absolute atomic E-state index is 0.708. The highest BCUT2D eigenvalue weighted by Crippen LogP contribution is 2.41. The molecule has 3 aromatic heterocycles. The van der Waals surface area contributed by atoms with E-state index in [-0.39, 0.29) is 0 Å². The first kappa shape index (κ1) is 29.2. The van der Waals surface area contributed by atoms with Crippen LogP contribution >= 0.6 is 11.9 Å². The number of aromatic amines is 1. The Bertz CT molecular complexity index is 1800. The summed E-state index contributed by atoms with van der Waals surface area (Å²) in [7, 11) is 1.70. The van der Waals surface area contributed by atoms with Gasteiger partial charge in [0.05, 0.1) is 29.4 Å². The maximum absolute atomic E-state index is 5.92. The van der Waals surface area contributed by atoms with Crippen molar-refractivity contribution in [1.82, 2.24) is 29.3 Å². The van der Waals surface area contributed by atoms with E-state index < -0.39 is 0 Å². The molecule has 4 aromatic rings. The zero-order chi connectivity index (χ0) is 30.1. The van der Waals surface area contributed by atoms with Crippen LogP contribution in [0.1, 0.15) is 29.4 Å². The summed E-state index contributed by atoms with van der Waals surface area (Å²) in [5.74, 6) is 2.21. The summed E-state index contributed by atoms with van der Waals surface area (Å²) < 4.78 is 13.8. The van der Waals surface area contributed by atoms with Crippen molar-refractivity contribution in [3.63, 3.8) is 0 Å². The molecule has 0 amide bonds. The fourth-order valence-electron chi connectivity index (χ4n) is 6.02. The van der Waals surface area contributed by atoms with Gasteiger partial charge >= 0.3 is 0 Å². The molecular formula is C34H38N6O2S. The molecule has 4 heterocycles. The Morgan fingerprint density at radius 3 is 2.60 bits per heavy atom. The first-order chi connectivity index (χ1) is 20.9. The van der Waals surface area contributed by atoms with Gasteiger partial charge in [-0.25, -0.2) is 14.3 Å². The van der Waals surface area contributed by atoms with Crippen molar-refractivity contribution in [2.45, 2.75) is 27.2 Å². The Kier molecular flexibility index (Phi) is 8.38. The van der Waals surface area contributed by atoms with E-state index in [1.807, 2.05) is 32.7 Å². The van der Waals surface area contributed by atoms with E-state index in [0.29, 0.717) is 5.82 Å². The molecule has 0 atom stereocenters. The number of rotatable bonds is 8. The van der Waals surface area contributed by atoms with Crippen molar-refractivity contribution in [1.29, 1.82) is 0 Å². The third-order valence-electron chi connectivity index (χ3n) is 8.17. The number of allylic oxidation sites excluding steroid dienone is 7. The quantitative estimate of drug-likeness (QED) is 0.173. The Morgan fingerprint density at radius 1 is 1.12 bits per heavy atom. The van der Waals surface area contributed by atoms with Crippen LogP contribution in [0.4, 0.5) is 0 Å². The molecule has 1 aliphatic heterocycles. The summed E-state index contributed by atoms with van der Waals surface area (Å²) in [6.07, 6.45) is 15.9. The normalized spacial score (nSPS) is 17.5. The fraction of sp³-hybridized carbons (Fsp3) is 0.324.